The molecule has 0 amide bonds. The molecule has 0 N–H and O–H groups in total. The number of para-hydroxylation sites is 1. The van der Waals surface area contributed by atoms with Crippen LogP contribution in [0.3, 0.4) is 0 Å². The second-order valence-electron chi connectivity index (χ2n) is 11.4. The van der Waals surface area contributed by atoms with E-state index in [9.17, 15) is 0 Å². The number of hydrogen-bond acceptors (Lipinski definition) is 2. The summed E-state index contributed by atoms with van der Waals surface area (Å²) in [5, 5.41) is 0. The standard InChI is InChI=1S/C28H44NO2/c1-23-20-24(14-15-26(23)28(5,6)22-27(2,3)4)21-29(7,8)16-17-30-18-19-31-25-12-10-9-11-13-25/h9-15,20H,16-19,21-22H2,1-8H3/q+1. The van der Waals surface area contributed by atoms with Gasteiger partial charge in [-0.25, -0.2) is 0 Å². The van der Waals surface area contributed by atoms with Crippen LogP contribution >= 0.6 is 0 Å². The van der Waals surface area contributed by atoms with Crippen molar-refractivity contribution in [3.63, 3.8) is 0 Å². The van der Waals surface area contributed by atoms with E-state index in [-0.39, 0.29) is 5.41 Å². The first kappa shape index (κ1) is 25.4. The lowest BCUT2D eigenvalue weighted by atomic mass is 9.71. The normalized spacial score (nSPS) is 12.8. The lowest BCUT2D eigenvalue weighted by Gasteiger charge is -2.34. The number of benzene rings is 2. The number of quaternary nitrogens is 1. The fourth-order valence-corrected chi connectivity index (χ4v) is 4.73. The van der Waals surface area contributed by atoms with Gasteiger partial charge in [-0.15, -0.1) is 0 Å². The first-order valence-electron chi connectivity index (χ1n) is 11.6. The van der Waals surface area contributed by atoms with Gasteiger partial charge in [0, 0.05) is 5.56 Å². The van der Waals surface area contributed by atoms with Crippen molar-refractivity contribution in [2.45, 2.75) is 59.9 Å². The summed E-state index contributed by atoms with van der Waals surface area (Å²) in [5.41, 5.74) is 4.77. The van der Waals surface area contributed by atoms with E-state index in [0.29, 0.717) is 18.6 Å². The van der Waals surface area contributed by atoms with Crippen molar-refractivity contribution in [1.82, 2.24) is 0 Å². The van der Waals surface area contributed by atoms with Crippen molar-refractivity contribution in [3.8, 4) is 5.75 Å². The predicted molar refractivity (Wildman–Crippen MR) is 132 cm³/mol. The van der Waals surface area contributed by atoms with Crippen molar-refractivity contribution in [1.29, 1.82) is 0 Å². The molecule has 2 rings (SSSR count). The summed E-state index contributed by atoms with van der Waals surface area (Å²) in [6, 6.07) is 17.0. The quantitative estimate of drug-likeness (QED) is 0.306. The second kappa shape index (κ2) is 10.7. The number of ether oxygens (including phenoxy) is 2. The largest absolute Gasteiger partial charge is 0.491 e. The van der Waals surface area contributed by atoms with Crippen LogP contribution in [0.1, 0.15) is 57.7 Å². The number of aryl methyl sites for hydroxylation is 1. The van der Waals surface area contributed by atoms with E-state index < -0.39 is 0 Å². The maximum atomic E-state index is 5.82. The van der Waals surface area contributed by atoms with Crippen LogP contribution in [0.25, 0.3) is 0 Å². The third-order valence-electron chi connectivity index (χ3n) is 5.68. The highest BCUT2D eigenvalue weighted by Gasteiger charge is 2.28. The summed E-state index contributed by atoms with van der Waals surface area (Å²) in [6.45, 7) is 17.9. The van der Waals surface area contributed by atoms with Gasteiger partial charge in [-0.1, -0.05) is 71.0 Å². The van der Waals surface area contributed by atoms with E-state index in [2.05, 4.69) is 73.8 Å². The molecule has 0 saturated heterocycles. The first-order valence-corrected chi connectivity index (χ1v) is 11.6. The van der Waals surface area contributed by atoms with Crippen molar-refractivity contribution >= 4 is 0 Å². The zero-order valence-corrected chi connectivity index (χ0v) is 21.1. The Balaban J connectivity index is 1.82. The van der Waals surface area contributed by atoms with Gasteiger partial charge in [0.15, 0.2) is 0 Å². The molecule has 0 aliphatic heterocycles. The van der Waals surface area contributed by atoms with E-state index in [1.807, 2.05) is 30.3 Å². The molecule has 0 saturated carbocycles. The topological polar surface area (TPSA) is 18.5 Å². The molecular weight excluding hydrogens is 382 g/mol. The molecule has 0 spiro atoms. The van der Waals surface area contributed by atoms with Crippen LogP contribution in [0.2, 0.25) is 0 Å². The average molecular weight is 427 g/mol. The molecule has 2 aromatic carbocycles. The van der Waals surface area contributed by atoms with E-state index in [1.165, 1.54) is 23.1 Å². The monoisotopic (exact) mass is 426 g/mol. The van der Waals surface area contributed by atoms with Crippen LogP contribution < -0.4 is 4.74 Å². The van der Waals surface area contributed by atoms with Crippen molar-refractivity contribution in [2.24, 2.45) is 5.41 Å². The molecule has 172 valence electrons. The highest BCUT2D eigenvalue weighted by Crippen LogP contribution is 2.37. The van der Waals surface area contributed by atoms with Crippen molar-refractivity contribution in [3.05, 3.63) is 65.2 Å². The third-order valence-corrected chi connectivity index (χ3v) is 5.68. The summed E-state index contributed by atoms with van der Waals surface area (Å²) in [4.78, 5) is 0. The van der Waals surface area contributed by atoms with Gasteiger partial charge in [-0.2, -0.15) is 0 Å². The molecule has 0 aliphatic rings. The fraction of sp³-hybridized carbons (Fsp3) is 0.571. The Morgan fingerprint density at radius 1 is 0.839 bits per heavy atom. The molecule has 0 radical (unpaired) electrons. The van der Waals surface area contributed by atoms with Crippen LogP contribution in [0.4, 0.5) is 0 Å². The van der Waals surface area contributed by atoms with Gasteiger partial charge in [-0.05, 0) is 47.4 Å². The van der Waals surface area contributed by atoms with E-state index in [1.54, 1.807) is 0 Å². The molecule has 0 fully saturated rings. The highest BCUT2D eigenvalue weighted by molar-refractivity contribution is 5.36. The lowest BCUT2D eigenvalue weighted by molar-refractivity contribution is -0.904. The minimum atomic E-state index is 0.181. The zero-order valence-electron chi connectivity index (χ0n) is 21.1. The number of nitrogens with zero attached hydrogens (tertiary/aromatic N) is 1. The van der Waals surface area contributed by atoms with Crippen LogP contribution in [0.15, 0.2) is 48.5 Å². The Morgan fingerprint density at radius 3 is 2.13 bits per heavy atom. The molecule has 0 unspecified atom stereocenters. The van der Waals surface area contributed by atoms with Crippen LogP contribution in [-0.4, -0.2) is 44.9 Å². The van der Waals surface area contributed by atoms with Crippen LogP contribution in [0.5, 0.6) is 5.75 Å². The minimum absolute atomic E-state index is 0.181. The number of likely N-dealkylation sites (N-methyl/N-ethyl adjacent to an activating group) is 1. The fourth-order valence-electron chi connectivity index (χ4n) is 4.73. The summed E-state index contributed by atoms with van der Waals surface area (Å²) in [6.07, 6.45) is 1.17. The molecule has 3 heteroatoms. The zero-order chi connectivity index (χ0) is 23.1. The molecule has 31 heavy (non-hydrogen) atoms. The second-order valence-corrected chi connectivity index (χ2v) is 11.4. The van der Waals surface area contributed by atoms with Crippen molar-refractivity contribution in [2.75, 3.05) is 40.5 Å². The smallest absolute Gasteiger partial charge is 0.119 e. The van der Waals surface area contributed by atoms with Crippen LogP contribution in [0, 0.1) is 12.3 Å². The lowest BCUT2D eigenvalue weighted by Crippen LogP contribution is -2.41. The van der Waals surface area contributed by atoms with Gasteiger partial charge >= 0.3 is 0 Å². The third kappa shape index (κ3) is 9.04. The summed E-state index contributed by atoms with van der Waals surface area (Å²) in [5.74, 6) is 0.895. The molecule has 0 bridgehead atoms. The first-order chi connectivity index (χ1) is 14.4. The van der Waals surface area contributed by atoms with E-state index in [0.717, 1.165) is 29.9 Å². The molecule has 3 nitrogen and oxygen atoms in total. The SMILES string of the molecule is Cc1cc(C[N+](C)(C)CCOCCOc2ccccc2)ccc1C(C)(C)CC(C)(C)C. The Kier molecular flexibility index (Phi) is 8.73. The molecule has 0 heterocycles. The Morgan fingerprint density at radius 2 is 1.52 bits per heavy atom. The van der Waals surface area contributed by atoms with Crippen molar-refractivity contribution < 1.29 is 14.0 Å². The molecule has 2 aromatic rings. The van der Waals surface area contributed by atoms with Gasteiger partial charge in [0.2, 0.25) is 0 Å². The maximum Gasteiger partial charge on any atom is 0.119 e. The Hall–Kier alpha value is -1.84. The van der Waals surface area contributed by atoms with Gasteiger partial charge in [0.1, 0.15) is 25.4 Å². The van der Waals surface area contributed by atoms with Gasteiger partial charge in [-0.3, -0.25) is 0 Å². The van der Waals surface area contributed by atoms with Gasteiger partial charge in [0.25, 0.3) is 0 Å². The average Bonchev–Trinajstić information content (AvgIpc) is 2.63. The Bertz CT molecular complexity index is 804. The van der Waals surface area contributed by atoms with E-state index in [4.69, 9.17) is 9.47 Å². The van der Waals surface area contributed by atoms with Gasteiger partial charge in [0.05, 0.1) is 27.3 Å². The maximum absolute atomic E-state index is 5.82. The summed E-state index contributed by atoms with van der Waals surface area (Å²) >= 11 is 0. The molecular formula is C28H44NO2+. The predicted octanol–water partition coefficient (Wildman–Crippen LogP) is 6.38. The molecule has 0 aliphatic carbocycles. The summed E-state index contributed by atoms with van der Waals surface area (Å²) < 4.78 is 12.4. The van der Waals surface area contributed by atoms with E-state index >= 15 is 0 Å². The van der Waals surface area contributed by atoms with Gasteiger partial charge < -0.3 is 14.0 Å². The minimum Gasteiger partial charge on any atom is -0.491 e. The Labute approximate surface area is 191 Å². The molecule has 0 aromatic heterocycles. The summed E-state index contributed by atoms with van der Waals surface area (Å²) in [7, 11) is 4.55. The molecule has 0 atom stereocenters. The number of rotatable bonds is 11. The highest BCUT2D eigenvalue weighted by atomic mass is 16.5. The van der Waals surface area contributed by atoms with Crippen LogP contribution in [-0.2, 0) is 16.7 Å². The number of hydrogen-bond donors (Lipinski definition) is 0.